The summed E-state index contributed by atoms with van der Waals surface area (Å²) in [5, 5.41) is 1.83. The van der Waals surface area contributed by atoms with Gasteiger partial charge >= 0.3 is 10.1 Å². The number of fused-ring (bicyclic) bond motifs is 2. The largest absolute Gasteiger partial charge is 0.493 e. The quantitative estimate of drug-likeness (QED) is 0.389. The van der Waals surface area contributed by atoms with Gasteiger partial charge in [0.15, 0.2) is 11.5 Å². The van der Waals surface area contributed by atoms with E-state index in [0.29, 0.717) is 27.7 Å². The lowest BCUT2D eigenvalue weighted by molar-refractivity contribution is 0.391. The maximum absolute atomic E-state index is 13.1. The normalized spacial score (nSPS) is 11.5. The number of rotatable bonds is 5. The molecule has 0 aliphatic carbocycles. The zero-order chi connectivity index (χ0) is 23.0. The second kappa shape index (κ2) is 8.07. The summed E-state index contributed by atoms with van der Waals surface area (Å²) < 4.78 is 37.0. The molecule has 1 N–H and O–H groups in total. The van der Waals surface area contributed by atoms with Crippen LogP contribution in [-0.2, 0) is 10.1 Å². The van der Waals surface area contributed by atoms with Crippen molar-refractivity contribution in [2.45, 2.75) is 4.90 Å². The van der Waals surface area contributed by atoms with E-state index in [-0.39, 0.29) is 22.0 Å². The summed E-state index contributed by atoms with van der Waals surface area (Å²) in [6.45, 7) is 0. The van der Waals surface area contributed by atoms with Gasteiger partial charge in [-0.1, -0.05) is 48.5 Å². The van der Waals surface area contributed by atoms with Crippen LogP contribution in [-0.4, -0.2) is 25.5 Å². The van der Waals surface area contributed by atoms with Gasteiger partial charge in [0.2, 0.25) is 0 Å². The molecule has 0 atom stereocenters. The van der Waals surface area contributed by atoms with E-state index in [2.05, 4.69) is 9.97 Å². The first kappa shape index (κ1) is 20.7. The molecule has 0 amide bonds. The van der Waals surface area contributed by atoms with Gasteiger partial charge in [-0.2, -0.15) is 8.42 Å². The molecule has 1 heterocycles. The van der Waals surface area contributed by atoms with Crippen molar-refractivity contribution in [3.63, 3.8) is 0 Å². The molecule has 5 aromatic rings. The number of hydrogen-bond donors (Lipinski definition) is 1. The number of hydrogen-bond acceptors (Lipinski definition) is 6. The van der Waals surface area contributed by atoms with Crippen molar-refractivity contribution in [2.75, 3.05) is 7.11 Å². The summed E-state index contributed by atoms with van der Waals surface area (Å²) >= 11 is 0. The number of methoxy groups -OCH3 is 1. The van der Waals surface area contributed by atoms with Crippen LogP contribution in [0.4, 0.5) is 0 Å². The summed E-state index contributed by atoms with van der Waals surface area (Å²) in [4.78, 5) is 19.7. The molecule has 7 nitrogen and oxygen atoms in total. The summed E-state index contributed by atoms with van der Waals surface area (Å²) in [5.41, 5.74) is 0.826. The minimum Gasteiger partial charge on any atom is -0.493 e. The van der Waals surface area contributed by atoms with Gasteiger partial charge in [-0.3, -0.25) is 4.79 Å². The Labute approximate surface area is 189 Å². The Morgan fingerprint density at radius 1 is 0.818 bits per heavy atom. The summed E-state index contributed by atoms with van der Waals surface area (Å²) in [6, 6.07) is 23.9. The minimum atomic E-state index is -4.14. The Morgan fingerprint density at radius 3 is 2.36 bits per heavy atom. The molecule has 33 heavy (non-hydrogen) atoms. The van der Waals surface area contributed by atoms with Crippen molar-refractivity contribution < 1.29 is 17.3 Å². The average Bonchev–Trinajstić information content (AvgIpc) is 2.83. The lowest BCUT2D eigenvalue weighted by atomic mass is 10.1. The molecule has 5 rings (SSSR count). The molecule has 0 saturated carbocycles. The van der Waals surface area contributed by atoms with Crippen molar-refractivity contribution in [1.29, 1.82) is 0 Å². The summed E-state index contributed by atoms with van der Waals surface area (Å²) in [5.74, 6) is 0.546. The number of aromatic amines is 1. The van der Waals surface area contributed by atoms with E-state index in [1.54, 1.807) is 54.6 Å². The molecule has 0 aliphatic heterocycles. The third-order valence-corrected chi connectivity index (χ3v) is 6.56. The van der Waals surface area contributed by atoms with Gasteiger partial charge in [-0.05, 0) is 41.8 Å². The number of nitrogens with one attached hydrogen (secondary N) is 1. The van der Waals surface area contributed by atoms with E-state index in [4.69, 9.17) is 8.92 Å². The van der Waals surface area contributed by atoms with Crippen LogP contribution in [0.5, 0.6) is 11.5 Å². The maximum atomic E-state index is 13.1. The lowest BCUT2D eigenvalue weighted by Gasteiger charge is -2.13. The van der Waals surface area contributed by atoms with Crippen LogP contribution in [0.1, 0.15) is 0 Å². The molecule has 164 valence electrons. The first-order valence-electron chi connectivity index (χ1n) is 10.1. The average molecular weight is 458 g/mol. The zero-order valence-corrected chi connectivity index (χ0v) is 18.3. The van der Waals surface area contributed by atoms with E-state index >= 15 is 0 Å². The third-order valence-electron chi connectivity index (χ3n) is 5.27. The number of nitrogens with zero attached hydrogens (tertiary/aromatic N) is 1. The van der Waals surface area contributed by atoms with Crippen LogP contribution < -0.4 is 14.5 Å². The van der Waals surface area contributed by atoms with Crippen molar-refractivity contribution >= 4 is 31.8 Å². The Kier molecular flexibility index (Phi) is 5.07. The van der Waals surface area contributed by atoms with Crippen LogP contribution in [0.15, 0.2) is 94.6 Å². The van der Waals surface area contributed by atoms with Crippen LogP contribution >= 0.6 is 0 Å². The van der Waals surface area contributed by atoms with Crippen LogP contribution in [0, 0.1) is 0 Å². The van der Waals surface area contributed by atoms with Crippen molar-refractivity contribution in [3.05, 3.63) is 95.3 Å². The van der Waals surface area contributed by atoms with Gasteiger partial charge in [0.1, 0.15) is 10.7 Å². The van der Waals surface area contributed by atoms with Crippen molar-refractivity contribution in [1.82, 2.24) is 9.97 Å². The molecular formula is C25H18N2O5S. The Bertz CT molecular complexity index is 1670. The molecule has 0 aliphatic rings. The zero-order valence-electron chi connectivity index (χ0n) is 17.5. The van der Waals surface area contributed by atoms with Gasteiger partial charge in [-0.15, -0.1) is 0 Å². The second-order valence-electron chi connectivity index (χ2n) is 7.31. The molecule has 0 bridgehead atoms. The Balaban J connectivity index is 1.55. The molecule has 1 aromatic heterocycles. The number of para-hydroxylation sites is 1. The number of aromatic nitrogens is 2. The number of ether oxygens (including phenoxy) is 1. The highest BCUT2D eigenvalue weighted by atomic mass is 32.2. The monoisotopic (exact) mass is 458 g/mol. The Morgan fingerprint density at radius 2 is 1.55 bits per heavy atom. The van der Waals surface area contributed by atoms with E-state index in [1.807, 2.05) is 18.2 Å². The SMILES string of the molecule is COc1cc(-c2nc3ccccc3c(=O)[nH]2)ccc1OS(=O)(=O)c1cccc2ccccc12. The molecule has 0 saturated heterocycles. The molecule has 0 spiro atoms. The van der Waals surface area contributed by atoms with E-state index in [1.165, 1.54) is 19.2 Å². The third kappa shape index (κ3) is 3.81. The van der Waals surface area contributed by atoms with Crippen molar-refractivity contribution in [2.24, 2.45) is 0 Å². The molecular weight excluding hydrogens is 440 g/mol. The minimum absolute atomic E-state index is 0.0253. The fraction of sp³-hybridized carbons (Fsp3) is 0.0400. The fourth-order valence-corrected chi connectivity index (χ4v) is 4.85. The molecule has 0 unspecified atom stereocenters. The fourth-order valence-electron chi connectivity index (χ4n) is 3.68. The lowest BCUT2D eigenvalue weighted by Crippen LogP contribution is -2.11. The first-order chi connectivity index (χ1) is 16.0. The summed E-state index contributed by atoms with van der Waals surface area (Å²) in [6.07, 6.45) is 0. The number of benzene rings is 4. The smallest absolute Gasteiger partial charge is 0.339 e. The Hall–Kier alpha value is -4.17. The van der Waals surface area contributed by atoms with Crippen LogP contribution in [0.25, 0.3) is 33.1 Å². The molecule has 0 radical (unpaired) electrons. The predicted octanol–water partition coefficient (Wildman–Crippen LogP) is 4.52. The topological polar surface area (TPSA) is 98.3 Å². The standard InChI is InChI=1S/C25H18N2O5S/c1-31-22-15-17(24-26-20-11-5-4-10-19(20)25(28)27-24)13-14-21(22)32-33(29,30)23-12-6-8-16-7-2-3-9-18(16)23/h2-15H,1H3,(H,26,27,28). The van der Waals surface area contributed by atoms with Crippen LogP contribution in [0.2, 0.25) is 0 Å². The van der Waals surface area contributed by atoms with Crippen LogP contribution in [0.3, 0.4) is 0 Å². The van der Waals surface area contributed by atoms with Gasteiger partial charge in [0.25, 0.3) is 5.56 Å². The van der Waals surface area contributed by atoms with Crippen molar-refractivity contribution in [3.8, 4) is 22.9 Å². The van der Waals surface area contributed by atoms with Gasteiger partial charge in [-0.25, -0.2) is 4.98 Å². The highest BCUT2D eigenvalue weighted by molar-refractivity contribution is 7.87. The van der Waals surface area contributed by atoms with E-state index in [0.717, 1.165) is 5.39 Å². The van der Waals surface area contributed by atoms with E-state index < -0.39 is 10.1 Å². The molecule has 4 aromatic carbocycles. The molecule has 8 heteroatoms. The highest BCUT2D eigenvalue weighted by Gasteiger charge is 2.22. The number of H-pyrrole nitrogens is 1. The predicted molar refractivity (Wildman–Crippen MR) is 126 cm³/mol. The summed E-state index contributed by atoms with van der Waals surface area (Å²) in [7, 11) is -2.73. The molecule has 0 fully saturated rings. The maximum Gasteiger partial charge on any atom is 0.339 e. The van der Waals surface area contributed by atoms with E-state index in [9.17, 15) is 13.2 Å². The first-order valence-corrected chi connectivity index (χ1v) is 11.5. The van der Waals surface area contributed by atoms with Gasteiger partial charge < -0.3 is 13.9 Å². The van der Waals surface area contributed by atoms with Gasteiger partial charge in [0.05, 0.1) is 18.0 Å². The second-order valence-corrected chi connectivity index (χ2v) is 8.83. The van der Waals surface area contributed by atoms with Gasteiger partial charge in [0, 0.05) is 10.9 Å². The highest BCUT2D eigenvalue weighted by Crippen LogP contribution is 2.34.